The highest BCUT2D eigenvalue weighted by molar-refractivity contribution is 5.71. The van der Waals surface area contributed by atoms with Gasteiger partial charge in [0.1, 0.15) is 5.75 Å². The third-order valence-electron chi connectivity index (χ3n) is 4.81. The molecule has 2 heterocycles. The number of hydrogen-bond acceptors (Lipinski definition) is 6. The molecule has 6 nitrogen and oxygen atoms in total. The fraction of sp³-hybridized carbons (Fsp3) is 0.455. The largest absolute Gasteiger partial charge is 0.482 e. The van der Waals surface area contributed by atoms with E-state index in [1.807, 2.05) is 36.5 Å². The number of nitrogens with zero attached hydrogens (tertiary/aromatic N) is 3. The van der Waals surface area contributed by atoms with E-state index in [9.17, 15) is 4.79 Å². The summed E-state index contributed by atoms with van der Waals surface area (Å²) in [6, 6.07) is 14.0. The molecule has 1 aliphatic rings. The highest BCUT2D eigenvalue weighted by Gasteiger charge is 2.17. The average Bonchev–Trinajstić information content (AvgIpc) is 2.93. The smallest absolute Gasteiger partial charge is 0.344 e. The summed E-state index contributed by atoms with van der Waals surface area (Å²) in [5.41, 5.74) is 2.22. The molecule has 28 heavy (non-hydrogen) atoms. The van der Waals surface area contributed by atoms with Crippen molar-refractivity contribution in [1.29, 1.82) is 0 Å². The Morgan fingerprint density at radius 1 is 1.00 bits per heavy atom. The predicted octanol–water partition coefficient (Wildman–Crippen LogP) is 2.73. The molecule has 0 atom stereocenters. The standard InChI is InChI=1S/C22H29N3O3/c1-2-27-22(26)18-28-21-10-4-3-8-19(21)16-24-12-7-13-25(15-14-24)17-20-9-5-6-11-23-20/h3-6,8-11H,2,7,12-18H2,1H3. The summed E-state index contributed by atoms with van der Waals surface area (Å²) in [7, 11) is 0. The van der Waals surface area contributed by atoms with Crippen LogP contribution in [-0.4, -0.2) is 60.1 Å². The van der Waals surface area contributed by atoms with Crippen LogP contribution in [0.3, 0.4) is 0 Å². The second-order valence-corrected chi connectivity index (χ2v) is 6.93. The monoisotopic (exact) mass is 383 g/mol. The number of pyridine rings is 1. The first-order valence-electron chi connectivity index (χ1n) is 9.95. The summed E-state index contributed by atoms with van der Waals surface area (Å²) >= 11 is 0. The van der Waals surface area contributed by atoms with E-state index in [1.54, 1.807) is 6.92 Å². The number of benzene rings is 1. The molecular formula is C22H29N3O3. The first-order chi connectivity index (χ1) is 13.7. The Labute approximate surface area is 167 Å². The van der Waals surface area contributed by atoms with E-state index >= 15 is 0 Å². The molecule has 6 heteroatoms. The van der Waals surface area contributed by atoms with Gasteiger partial charge < -0.3 is 9.47 Å². The van der Waals surface area contributed by atoms with Gasteiger partial charge in [-0.05, 0) is 44.6 Å². The normalized spacial score (nSPS) is 15.8. The highest BCUT2D eigenvalue weighted by atomic mass is 16.6. The maximum Gasteiger partial charge on any atom is 0.344 e. The molecular weight excluding hydrogens is 354 g/mol. The molecule has 1 aromatic carbocycles. The Morgan fingerprint density at radius 3 is 2.50 bits per heavy atom. The van der Waals surface area contributed by atoms with Gasteiger partial charge in [0.25, 0.3) is 0 Å². The molecule has 3 rings (SSSR count). The van der Waals surface area contributed by atoms with Crippen LogP contribution in [0.2, 0.25) is 0 Å². The highest BCUT2D eigenvalue weighted by Crippen LogP contribution is 2.21. The van der Waals surface area contributed by atoms with Gasteiger partial charge in [0.2, 0.25) is 0 Å². The van der Waals surface area contributed by atoms with Gasteiger partial charge >= 0.3 is 5.97 Å². The van der Waals surface area contributed by atoms with E-state index in [0.717, 1.165) is 62.7 Å². The molecule has 2 aromatic rings. The molecule has 1 aromatic heterocycles. The topological polar surface area (TPSA) is 54.9 Å². The molecule has 0 bridgehead atoms. The molecule has 1 aliphatic heterocycles. The lowest BCUT2D eigenvalue weighted by atomic mass is 10.2. The Morgan fingerprint density at radius 2 is 1.75 bits per heavy atom. The first kappa shape index (κ1) is 20.3. The number of ether oxygens (including phenoxy) is 2. The lowest BCUT2D eigenvalue weighted by molar-refractivity contribution is -0.145. The van der Waals surface area contributed by atoms with Crippen molar-refractivity contribution >= 4 is 5.97 Å². The van der Waals surface area contributed by atoms with Crippen molar-refractivity contribution in [3.8, 4) is 5.75 Å². The van der Waals surface area contributed by atoms with Crippen LogP contribution in [0.1, 0.15) is 24.6 Å². The minimum Gasteiger partial charge on any atom is -0.482 e. The van der Waals surface area contributed by atoms with Crippen LogP contribution in [-0.2, 0) is 22.6 Å². The van der Waals surface area contributed by atoms with E-state index in [0.29, 0.717) is 6.61 Å². The van der Waals surface area contributed by atoms with Crippen LogP contribution in [0.25, 0.3) is 0 Å². The van der Waals surface area contributed by atoms with Gasteiger partial charge in [-0.1, -0.05) is 24.3 Å². The Kier molecular flexibility index (Phi) is 7.82. The minimum atomic E-state index is -0.336. The molecule has 1 saturated heterocycles. The van der Waals surface area contributed by atoms with Crippen LogP contribution in [0.5, 0.6) is 5.75 Å². The van der Waals surface area contributed by atoms with Crippen LogP contribution < -0.4 is 4.74 Å². The number of rotatable bonds is 8. The van der Waals surface area contributed by atoms with Gasteiger partial charge in [-0.15, -0.1) is 0 Å². The maximum absolute atomic E-state index is 11.6. The molecule has 0 spiro atoms. The van der Waals surface area contributed by atoms with Crippen LogP contribution in [0.4, 0.5) is 0 Å². The van der Waals surface area contributed by atoms with E-state index in [4.69, 9.17) is 9.47 Å². The lowest BCUT2D eigenvalue weighted by Gasteiger charge is -2.22. The third-order valence-corrected chi connectivity index (χ3v) is 4.81. The molecule has 0 N–H and O–H groups in total. The Balaban J connectivity index is 1.53. The third kappa shape index (κ3) is 6.32. The zero-order chi connectivity index (χ0) is 19.6. The van der Waals surface area contributed by atoms with Gasteiger partial charge in [0.15, 0.2) is 6.61 Å². The van der Waals surface area contributed by atoms with Gasteiger partial charge in [-0.3, -0.25) is 14.8 Å². The van der Waals surface area contributed by atoms with E-state index < -0.39 is 0 Å². The van der Waals surface area contributed by atoms with Gasteiger partial charge in [0, 0.05) is 37.9 Å². The van der Waals surface area contributed by atoms with Gasteiger partial charge in [-0.2, -0.15) is 0 Å². The average molecular weight is 383 g/mol. The number of carbonyl (C=O) groups excluding carboxylic acids is 1. The van der Waals surface area contributed by atoms with Crippen molar-refractivity contribution in [3.63, 3.8) is 0 Å². The summed E-state index contributed by atoms with van der Waals surface area (Å²) < 4.78 is 10.7. The summed E-state index contributed by atoms with van der Waals surface area (Å²) in [6.07, 6.45) is 2.98. The fourth-order valence-corrected chi connectivity index (χ4v) is 3.42. The summed E-state index contributed by atoms with van der Waals surface area (Å²) in [5, 5.41) is 0. The SMILES string of the molecule is CCOC(=O)COc1ccccc1CN1CCCN(Cc2ccccn2)CC1. The molecule has 0 saturated carbocycles. The second-order valence-electron chi connectivity index (χ2n) is 6.93. The number of hydrogen-bond donors (Lipinski definition) is 0. The second kappa shape index (κ2) is 10.8. The van der Waals surface area contributed by atoms with Gasteiger partial charge in [-0.25, -0.2) is 4.79 Å². The molecule has 0 unspecified atom stereocenters. The van der Waals surface area contributed by atoms with Crippen molar-refractivity contribution in [2.24, 2.45) is 0 Å². The van der Waals surface area contributed by atoms with Gasteiger partial charge in [0.05, 0.1) is 12.3 Å². The molecule has 0 aliphatic carbocycles. The number of esters is 1. The van der Waals surface area contributed by atoms with E-state index in [-0.39, 0.29) is 12.6 Å². The van der Waals surface area contributed by atoms with Crippen molar-refractivity contribution in [1.82, 2.24) is 14.8 Å². The molecule has 0 radical (unpaired) electrons. The van der Waals surface area contributed by atoms with Crippen LogP contribution in [0, 0.1) is 0 Å². The fourth-order valence-electron chi connectivity index (χ4n) is 3.42. The van der Waals surface area contributed by atoms with E-state index in [1.165, 1.54) is 0 Å². The predicted molar refractivity (Wildman–Crippen MR) is 108 cm³/mol. The summed E-state index contributed by atoms with van der Waals surface area (Å²) in [5.74, 6) is 0.419. The van der Waals surface area contributed by atoms with Crippen molar-refractivity contribution in [3.05, 3.63) is 59.9 Å². The Bertz CT molecular complexity index is 739. The minimum absolute atomic E-state index is 0.0529. The van der Waals surface area contributed by atoms with Crippen LogP contribution >= 0.6 is 0 Å². The van der Waals surface area contributed by atoms with Crippen molar-refractivity contribution < 1.29 is 14.3 Å². The lowest BCUT2D eigenvalue weighted by Crippen LogP contribution is -2.30. The molecule has 0 amide bonds. The number of para-hydroxylation sites is 1. The quantitative estimate of drug-likeness (QED) is 0.654. The Hall–Kier alpha value is -2.44. The zero-order valence-corrected chi connectivity index (χ0v) is 16.5. The summed E-state index contributed by atoms with van der Waals surface area (Å²) in [6.45, 7) is 7.96. The molecule has 150 valence electrons. The number of carbonyl (C=O) groups is 1. The van der Waals surface area contributed by atoms with E-state index in [2.05, 4.69) is 26.9 Å². The van der Waals surface area contributed by atoms with Crippen molar-refractivity contribution in [2.75, 3.05) is 39.4 Å². The zero-order valence-electron chi connectivity index (χ0n) is 16.5. The number of aromatic nitrogens is 1. The van der Waals surface area contributed by atoms with Crippen LogP contribution in [0.15, 0.2) is 48.7 Å². The maximum atomic E-state index is 11.6. The van der Waals surface area contributed by atoms with Crippen molar-refractivity contribution in [2.45, 2.75) is 26.4 Å². The summed E-state index contributed by atoms with van der Waals surface area (Å²) in [4.78, 5) is 20.9. The first-order valence-corrected chi connectivity index (χ1v) is 9.95. The molecule has 1 fully saturated rings.